The van der Waals surface area contributed by atoms with E-state index in [1.807, 2.05) is 19.2 Å². The van der Waals surface area contributed by atoms with Crippen molar-refractivity contribution in [3.8, 4) is 11.3 Å². The molecule has 54 heavy (non-hydrogen) atoms. The smallest absolute Gasteiger partial charge is 0.324 e. The van der Waals surface area contributed by atoms with Crippen molar-refractivity contribution in [2.24, 2.45) is 16.3 Å². The summed E-state index contributed by atoms with van der Waals surface area (Å²) in [5, 5.41) is 6.46. The molecule has 5 heterocycles. The Morgan fingerprint density at radius 1 is 1.22 bits per heavy atom. The minimum atomic E-state index is -0.859. The SMILES string of the molecule is CCn1c(-c2cccnc2[C@H](C)OC)c2c3cc(ccc31)C1CSC(=N1)C[C@H](NC(=O)N(C)CCC(C)C)C(=O)N1CCC[C@H](N1)C(=O)OCC(C)(C)C2. The molecule has 1 aromatic carbocycles. The van der Waals surface area contributed by atoms with Crippen LogP contribution in [0.15, 0.2) is 41.5 Å². The molecule has 0 saturated carbocycles. The van der Waals surface area contributed by atoms with Gasteiger partial charge in [0.2, 0.25) is 0 Å². The number of hydrazine groups is 1. The maximum Gasteiger partial charge on any atom is 0.324 e. The Hall–Kier alpha value is -3.94. The van der Waals surface area contributed by atoms with Crippen molar-refractivity contribution < 1.29 is 23.9 Å². The third kappa shape index (κ3) is 8.63. The fourth-order valence-corrected chi connectivity index (χ4v) is 8.71. The van der Waals surface area contributed by atoms with Crippen molar-refractivity contribution in [3.63, 3.8) is 0 Å². The third-order valence-electron chi connectivity index (χ3n) is 10.8. The topological polar surface area (TPSA) is 130 Å². The number of fused-ring (bicyclic) bond motifs is 5. The number of aliphatic imine (C=N–C) groups is 1. The number of aromatic nitrogens is 2. The lowest BCUT2D eigenvalue weighted by molar-refractivity contribution is -0.155. The molecule has 4 atom stereocenters. The second kappa shape index (κ2) is 16.8. The van der Waals surface area contributed by atoms with Crippen LogP contribution in [0, 0.1) is 11.3 Å². The van der Waals surface area contributed by atoms with Crippen LogP contribution in [0.1, 0.15) is 96.2 Å². The van der Waals surface area contributed by atoms with Gasteiger partial charge in [-0.3, -0.25) is 24.6 Å². The summed E-state index contributed by atoms with van der Waals surface area (Å²) in [4.78, 5) is 52.8. The number of amides is 3. The molecule has 12 nitrogen and oxygen atoms in total. The first-order valence-electron chi connectivity index (χ1n) is 19.4. The van der Waals surface area contributed by atoms with Crippen molar-refractivity contribution in [2.45, 2.75) is 104 Å². The van der Waals surface area contributed by atoms with Gasteiger partial charge in [0, 0.05) is 74.0 Å². The summed E-state index contributed by atoms with van der Waals surface area (Å²) < 4.78 is 14.2. The fraction of sp³-hybridized carbons (Fsp3) is 0.585. The van der Waals surface area contributed by atoms with Crippen molar-refractivity contribution in [1.29, 1.82) is 0 Å². The van der Waals surface area contributed by atoms with Crippen LogP contribution in [0.3, 0.4) is 0 Å². The minimum Gasteiger partial charge on any atom is -0.464 e. The molecule has 13 heteroatoms. The largest absolute Gasteiger partial charge is 0.464 e. The van der Waals surface area contributed by atoms with Crippen molar-refractivity contribution in [2.75, 3.05) is 39.6 Å². The number of carbonyl (C=O) groups is 3. The predicted molar refractivity (Wildman–Crippen MR) is 214 cm³/mol. The average molecular weight is 760 g/mol. The van der Waals surface area contributed by atoms with Crippen LogP contribution in [0.2, 0.25) is 0 Å². The van der Waals surface area contributed by atoms with Gasteiger partial charge in [-0.1, -0.05) is 33.8 Å². The Bertz CT molecular complexity index is 1890. The van der Waals surface area contributed by atoms with Crippen molar-refractivity contribution >= 4 is 45.6 Å². The summed E-state index contributed by atoms with van der Waals surface area (Å²) >= 11 is 1.63. The molecule has 0 aliphatic carbocycles. The van der Waals surface area contributed by atoms with Gasteiger partial charge in [-0.2, -0.15) is 0 Å². The van der Waals surface area contributed by atoms with Gasteiger partial charge < -0.3 is 24.3 Å². The molecule has 0 spiro atoms. The van der Waals surface area contributed by atoms with E-state index in [4.69, 9.17) is 19.5 Å². The summed E-state index contributed by atoms with van der Waals surface area (Å²) in [5.41, 5.74) is 9.08. The van der Waals surface area contributed by atoms with Crippen LogP contribution >= 0.6 is 11.8 Å². The quantitative estimate of drug-likeness (QED) is 0.243. The number of cyclic esters (lactones) is 1. The zero-order valence-electron chi connectivity index (χ0n) is 33.1. The monoisotopic (exact) mass is 759 g/mol. The Morgan fingerprint density at radius 3 is 2.76 bits per heavy atom. The van der Waals surface area contributed by atoms with E-state index < -0.39 is 23.5 Å². The lowest BCUT2D eigenvalue weighted by Crippen LogP contribution is -2.61. The number of aryl methyl sites for hydroxylation is 1. The molecule has 3 amide bonds. The molecule has 3 aliphatic heterocycles. The number of nitrogens with one attached hydrogen (secondary N) is 2. The minimum absolute atomic E-state index is 0.108. The number of urea groups is 1. The number of rotatable bonds is 8. The number of hydrogen-bond donors (Lipinski definition) is 2. The van der Waals surface area contributed by atoms with Crippen LogP contribution in [-0.4, -0.2) is 94.1 Å². The van der Waals surface area contributed by atoms with E-state index in [1.165, 1.54) is 10.6 Å². The summed E-state index contributed by atoms with van der Waals surface area (Å²) in [6.07, 6.45) is 4.52. The molecule has 2 aromatic heterocycles. The highest BCUT2D eigenvalue weighted by atomic mass is 32.2. The van der Waals surface area contributed by atoms with E-state index in [1.54, 1.807) is 30.8 Å². The number of thioether (sulfide) groups is 1. The molecule has 3 aliphatic rings. The molecule has 1 unspecified atom stereocenters. The lowest BCUT2D eigenvalue weighted by atomic mass is 9.84. The molecule has 2 N–H and O–H groups in total. The molecular weight excluding hydrogens is 703 g/mol. The second-order valence-corrected chi connectivity index (χ2v) is 17.2. The van der Waals surface area contributed by atoms with Gasteiger partial charge in [-0.25, -0.2) is 10.2 Å². The first-order chi connectivity index (χ1) is 25.8. The molecule has 1 fully saturated rings. The number of methoxy groups -OCH3 is 1. The van der Waals surface area contributed by atoms with Crippen LogP contribution in [0.4, 0.5) is 4.79 Å². The molecule has 6 rings (SSSR count). The van der Waals surface area contributed by atoms with Gasteiger partial charge >= 0.3 is 12.0 Å². The first-order valence-corrected chi connectivity index (χ1v) is 20.4. The van der Waals surface area contributed by atoms with Gasteiger partial charge in [0.15, 0.2) is 0 Å². The summed E-state index contributed by atoms with van der Waals surface area (Å²) in [7, 11) is 3.46. The number of hydrogen-bond acceptors (Lipinski definition) is 9. The molecule has 1 saturated heterocycles. The highest BCUT2D eigenvalue weighted by Crippen LogP contribution is 2.42. The van der Waals surface area contributed by atoms with E-state index in [-0.39, 0.29) is 37.1 Å². The van der Waals surface area contributed by atoms with Gasteiger partial charge in [0.05, 0.1) is 35.2 Å². The maximum atomic E-state index is 14.2. The maximum absolute atomic E-state index is 14.2. The number of pyridine rings is 1. The van der Waals surface area contributed by atoms with E-state index >= 15 is 0 Å². The highest BCUT2D eigenvalue weighted by Gasteiger charge is 2.37. The first kappa shape index (κ1) is 39.7. The van der Waals surface area contributed by atoms with Crippen molar-refractivity contribution in [1.82, 2.24) is 30.2 Å². The van der Waals surface area contributed by atoms with Crippen LogP contribution in [0.25, 0.3) is 22.2 Å². The van der Waals surface area contributed by atoms with Gasteiger partial charge in [0.1, 0.15) is 12.1 Å². The number of carbonyl (C=O) groups excluding carboxylic acids is 3. The summed E-state index contributed by atoms with van der Waals surface area (Å²) in [6, 6.07) is 8.77. The molecular formula is C41H57N7O5S. The van der Waals surface area contributed by atoms with Gasteiger partial charge in [0.25, 0.3) is 5.91 Å². The number of ether oxygens (including phenoxy) is 2. The molecule has 3 aromatic rings. The van der Waals surface area contributed by atoms with Crippen molar-refractivity contribution in [3.05, 3.63) is 53.3 Å². The standard InChI is InChI=1S/C41H57N7O5S/c1-9-47-34-15-14-27-20-29(34)30(37(47)28-12-10-17-42-36(28)26(4)52-8)22-41(5,6)24-53-39(50)31-13-11-18-48(45-31)38(49)32(21-35-43-33(27)23-54-35)44-40(51)46(7)19-16-25(2)3/h10,12,14-15,17,20,25-26,31-33,45H,9,11,13,16,18-19,21-24H2,1-8H3,(H,44,51)/t26-,31-,32-,33?/m0/s1. The summed E-state index contributed by atoms with van der Waals surface area (Å²) in [5.74, 6) is 0.490. The number of benzene rings is 1. The van der Waals surface area contributed by atoms with Gasteiger partial charge in [-0.05, 0) is 80.8 Å². The van der Waals surface area contributed by atoms with Gasteiger partial charge in [-0.15, -0.1) is 11.8 Å². The van der Waals surface area contributed by atoms with E-state index in [0.717, 1.165) is 57.2 Å². The van der Waals surface area contributed by atoms with Crippen LogP contribution in [0.5, 0.6) is 0 Å². The lowest BCUT2D eigenvalue weighted by Gasteiger charge is -2.36. The molecule has 0 radical (unpaired) electrons. The fourth-order valence-electron chi connectivity index (χ4n) is 7.61. The molecule has 6 bridgehead atoms. The highest BCUT2D eigenvalue weighted by molar-refractivity contribution is 8.14. The Labute approximate surface area is 323 Å². The Morgan fingerprint density at radius 2 is 2.02 bits per heavy atom. The summed E-state index contributed by atoms with van der Waals surface area (Å²) in [6.45, 7) is 14.6. The Kier molecular flexibility index (Phi) is 12.4. The zero-order chi connectivity index (χ0) is 38.7. The zero-order valence-corrected chi connectivity index (χ0v) is 33.9. The van der Waals surface area contributed by atoms with E-state index in [0.29, 0.717) is 38.3 Å². The molecule has 292 valence electrons. The number of nitrogens with zero attached hydrogens (tertiary/aromatic N) is 5. The van der Waals surface area contributed by atoms with Crippen LogP contribution in [-0.2, 0) is 32.0 Å². The normalized spacial score (nSPS) is 22.5. The van der Waals surface area contributed by atoms with E-state index in [9.17, 15) is 14.4 Å². The predicted octanol–water partition coefficient (Wildman–Crippen LogP) is 6.68. The second-order valence-electron chi connectivity index (χ2n) is 16.1. The third-order valence-corrected chi connectivity index (χ3v) is 11.9. The Balaban J connectivity index is 1.44. The number of esters is 1. The van der Waals surface area contributed by atoms with Crippen LogP contribution < -0.4 is 10.7 Å². The average Bonchev–Trinajstić information content (AvgIpc) is 3.76. The van der Waals surface area contributed by atoms with E-state index in [2.05, 4.69) is 74.2 Å².